The number of Topliss-reactive ketones (excluding diaryl/α,β-unsaturated/α-hetero) is 1. The molecular weight excluding hydrogens is 228 g/mol. The molecule has 1 aromatic carbocycles. The number of ether oxygens (including phenoxy) is 1. The largest absolute Gasteiger partial charge is 0.462 e. The topological polar surface area (TPSA) is 43.4 Å². The maximum absolute atomic E-state index is 11.5. The van der Waals surface area contributed by atoms with E-state index in [-0.39, 0.29) is 18.0 Å². The van der Waals surface area contributed by atoms with E-state index in [1.54, 1.807) is 13.0 Å². The summed E-state index contributed by atoms with van der Waals surface area (Å²) in [7, 11) is 0. The molecule has 0 spiro atoms. The van der Waals surface area contributed by atoms with Gasteiger partial charge in [0.1, 0.15) is 5.57 Å². The first kappa shape index (κ1) is 13.9. The molecule has 0 amide bonds. The fourth-order valence-corrected chi connectivity index (χ4v) is 1.36. The molecule has 1 aromatic rings. The monoisotopic (exact) mass is 244 g/mol. The summed E-state index contributed by atoms with van der Waals surface area (Å²) >= 11 is 0. The number of carbonyl (C=O) groups excluding carboxylic acids is 2. The zero-order chi connectivity index (χ0) is 13.4. The van der Waals surface area contributed by atoms with Gasteiger partial charge in [0.15, 0.2) is 5.78 Å². The fraction of sp³-hybridized carbons (Fsp3) is 0.200. The third-order valence-corrected chi connectivity index (χ3v) is 2.23. The van der Waals surface area contributed by atoms with Gasteiger partial charge in [-0.1, -0.05) is 42.5 Å². The number of esters is 1. The van der Waals surface area contributed by atoms with Crippen molar-refractivity contribution >= 4 is 17.8 Å². The van der Waals surface area contributed by atoms with Crippen LogP contribution in [0.1, 0.15) is 19.4 Å². The maximum Gasteiger partial charge on any atom is 0.341 e. The predicted molar refractivity (Wildman–Crippen MR) is 70.9 cm³/mol. The Morgan fingerprint density at radius 3 is 2.44 bits per heavy atom. The van der Waals surface area contributed by atoms with E-state index in [9.17, 15) is 9.59 Å². The second-order valence-corrected chi connectivity index (χ2v) is 3.63. The second kappa shape index (κ2) is 7.22. The van der Waals surface area contributed by atoms with Crippen LogP contribution in [0.15, 0.2) is 48.1 Å². The number of carbonyl (C=O) groups is 2. The first-order valence-corrected chi connectivity index (χ1v) is 5.76. The van der Waals surface area contributed by atoms with Crippen molar-refractivity contribution in [2.75, 3.05) is 6.61 Å². The van der Waals surface area contributed by atoms with Crippen molar-refractivity contribution in [2.45, 2.75) is 13.8 Å². The number of hydrogen-bond acceptors (Lipinski definition) is 3. The minimum atomic E-state index is -0.581. The first-order valence-electron chi connectivity index (χ1n) is 5.76. The summed E-state index contributed by atoms with van der Waals surface area (Å²) in [6.07, 6.45) is 4.97. The van der Waals surface area contributed by atoms with Crippen molar-refractivity contribution in [3.63, 3.8) is 0 Å². The molecule has 3 nitrogen and oxygen atoms in total. The molecule has 0 saturated carbocycles. The predicted octanol–water partition coefficient (Wildman–Crippen LogP) is 2.78. The van der Waals surface area contributed by atoms with Crippen LogP contribution in [0.25, 0.3) is 6.08 Å². The molecule has 0 bridgehead atoms. The minimum absolute atomic E-state index is 0.0593. The van der Waals surface area contributed by atoms with Crippen molar-refractivity contribution < 1.29 is 14.3 Å². The van der Waals surface area contributed by atoms with Gasteiger partial charge in [0.2, 0.25) is 0 Å². The van der Waals surface area contributed by atoms with Gasteiger partial charge >= 0.3 is 5.97 Å². The zero-order valence-electron chi connectivity index (χ0n) is 10.6. The fourth-order valence-electron chi connectivity index (χ4n) is 1.36. The molecule has 0 unspecified atom stereocenters. The molecule has 3 heteroatoms. The van der Waals surface area contributed by atoms with Gasteiger partial charge < -0.3 is 4.74 Å². The standard InChI is InChI=1S/C15H16O3/c1-3-18-15(17)14(12(2)16)11-7-10-13-8-5-4-6-9-13/h4-11H,3H2,1-2H3/b10-7?,14-11+. The molecule has 0 aliphatic carbocycles. The highest BCUT2D eigenvalue weighted by molar-refractivity contribution is 6.16. The van der Waals surface area contributed by atoms with Crippen LogP contribution < -0.4 is 0 Å². The van der Waals surface area contributed by atoms with Crippen LogP contribution in [0, 0.1) is 0 Å². The van der Waals surface area contributed by atoms with Crippen molar-refractivity contribution in [2.24, 2.45) is 0 Å². The summed E-state index contributed by atoms with van der Waals surface area (Å²) in [5.41, 5.74) is 1.06. The summed E-state index contributed by atoms with van der Waals surface area (Å²) in [6, 6.07) is 9.62. The minimum Gasteiger partial charge on any atom is -0.462 e. The molecule has 1 rings (SSSR count). The molecule has 0 aliphatic rings. The lowest BCUT2D eigenvalue weighted by molar-refractivity contribution is -0.139. The molecule has 0 aliphatic heterocycles. The van der Waals surface area contributed by atoms with Crippen molar-refractivity contribution in [3.8, 4) is 0 Å². The zero-order valence-corrected chi connectivity index (χ0v) is 10.6. The number of ketones is 1. The van der Waals surface area contributed by atoms with E-state index in [0.717, 1.165) is 5.56 Å². The van der Waals surface area contributed by atoms with Gasteiger partial charge in [0.25, 0.3) is 0 Å². The van der Waals surface area contributed by atoms with Crippen LogP contribution in [-0.2, 0) is 14.3 Å². The van der Waals surface area contributed by atoms with Crippen LogP contribution in [0.2, 0.25) is 0 Å². The van der Waals surface area contributed by atoms with Crippen molar-refractivity contribution in [1.82, 2.24) is 0 Å². The Labute approximate surface area is 107 Å². The highest BCUT2D eigenvalue weighted by Gasteiger charge is 2.13. The van der Waals surface area contributed by atoms with Crippen molar-refractivity contribution in [3.05, 3.63) is 53.6 Å². The SMILES string of the molecule is CCOC(=O)/C(=C/C=Cc1ccccc1)C(C)=O. The van der Waals surface area contributed by atoms with Gasteiger partial charge in [0.05, 0.1) is 6.61 Å². The molecule has 0 N–H and O–H groups in total. The van der Waals surface area contributed by atoms with Crippen LogP contribution in [0.3, 0.4) is 0 Å². The van der Waals surface area contributed by atoms with Gasteiger partial charge in [-0.15, -0.1) is 0 Å². The molecule has 0 radical (unpaired) electrons. The molecule has 0 atom stereocenters. The van der Waals surface area contributed by atoms with Gasteiger partial charge in [-0.25, -0.2) is 4.79 Å². The Morgan fingerprint density at radius 1 is 1.22 bits per heavy atom. The number of allylic oxidation sites excluding steroid dienone is 2. The lowest BCUT2D eigenvalue weighted by Gasteiger charge is -2.01. The van der Waals surface area contributed by atoms with Crippen LogP contribution in [0.4, 0.5) is 0 Å². The summed E-state index contributed by atoms with van der Waals surface area (Å²) in [5.74, 6) is -0.881. The molecule has 0 saturated heterocycles. The average molecular weight is 244 g/mol. The van der Waals surface area contributed by atoms with Crippen LogP contribution >= 0.6 is 0 Å². The Bertz CT molecular complexity index is 470. The van der Waals surface area contributed by atoms with E-state index < -0.39 is 5.97 Å². The van der Waals surface area contributed by atoms with E-state index in [1.807, 2.05) is 36.4 Å². The highest BCUT2D eigenvalue weighted by atomic mass is 16.5. The van der Waals surface area contributed by atoms with E-state index in [4.69, 9.17) is 4.74 Å². The van der Waals surface area contributed by atoms with Gasteiger partial charge in [-0.05, 0) is 25.5 Å². The van der Waals surface area contributed by atoms with E-state index in [1.165, 1.54) is 13.0 Å². The summed E-state index contributed by atoms with van der Waals surface area (Å²) in [5, 5.41) is 0. The smallest absolute Gasteiger partial charge is 0.341 e. The number of hydrogen-bond donors (Lipinski definition) is 0. The lowest BCUT2D eigenvalue weighted by Crippen LogP contribution is -2.13. The Kier molecular flexibility index (Phi) is 5.58. The van der Waals surface area contributed by atoms with Gasteiger partial charge in [-0.2, -0.15) is 0 Å². The molecule has 0 heterocycles. The average Bonchev–Trinajstić information content (AvgIpc) is 2.35. The van der Waals surface area contributed by atoms with Gasteiger partial charge in [-0.3, -0.25) is 4.79 Å². The normalized spacial score (nSPS) is 11.6. The first-order chi connectivity index (χ1) is 8.65. The highest BCUT2D eigenvalue weighted by Crippen LogP contribution is 2.04. The number of rotatable bonds is 5. The third kappa shape index (κ3) is 4.37. The summed E-state index contributed by atoms with van der Waals surface area (Å²) < 4.78 is 4.81. The molecule has 18 heavy (non-hydrogen) atoms. The van der Waals surface area contributed by atoms with E-state index >= 15 is 0 Å². The van der Waals surface area contributed by atoms with E-state index in [2.05, 4.69) is 0 Å². The molecule has 0 aromatic heterocycles. The molecule has 0 fully saturated rings. The van der Waals surface area contributed by atoms with E-state index in [0.29, 0.717) is 0 Å². The summed E-state index contributed by atoms with van der Waals surface area (Å²) in [6.45, 7) is 3.31. The Morgan fingerprint density at radius 2 is 1.89 bits per heavy atom. The third-order valence-electron chi connectivity index (χ3n) is 2.23. The van der Waals surface area contributed by atoms with Crippen molar-refractivity contribution in [1.29, 1.82) is 0 Å². The Balaban J connectivity index is 2.81. The quantitative estimate of drug-likeness (QED) is 0.263. The Hall–Kier alpha value is -2.16. The molecule has 94 valence electrons. The number of benzene rings is 1. The van der Waals surface area contributed by atoms with Gasteiger partial charge in [0, 0.05) is 0 Å². The molecular formula is C15H16O3. The van der Waals surface area contributed by atoms with Crippen LogP contribution in [-0.4, -0.2) is 18.4 Å². The lowest BCUT2D eigenvalue weighted by atomic mass is 10.1. The maximum atomic E-state index is 11.5. The summed E-state index contributed by atoms with van der Waals surface area (Å²) in [4.78, 5) is 22.8. The second-order valence-electron chi connectivity index (χ2n) is 3.63. The van der Waals surface area contributed by atoms with Crippen LogP contribution in [0.5, 0.6) is 0 Å².